The molecule has 0 aliphatic rings. The van der Waals surface area contributed by atoms with Crippen molar-refractivity contribution in [3.8, 4) is 5.75 Å². The average Bonchev–Trinajstić information content (AvgIpc) is 2.64. The second kappa shape index (κ2) is 10.3. The van der Waals surface area contributed by atoms with E-state index in [9.17, 15) is 4.79 Å². The Labute approximate surface area is 144 Å². The summed E-state index contributed by atoms with van der Waals surface area (Å²) in [6.45, 7) is 2.19. The van der Waals surface area contributed by atoms with Crippen LogP contribution in [0.4, 0.5) is 5.69 Å². The number of nitrogens with zero attached hydrogens (tertiary/aromatic N) is 1. The van der Waals surface area contributed by atoms with Crippen LogP contribution in [0.15, 0.2) is 60.7 Å². The van der Waals surface area contributed by atoms with Crippen molar-refractivity contribution in [1.29, 1.82) is 0 Å². The van der Waals surface area contributed by atoms with Crippen molar-refractivity contribution in [2.24, 2.45) is 0 Å². The quantitative estimate of drug-likeness (QED) is 0.680. The molecule has 0 saturated heterocycles. The maximum atomic E-state index is 11.8. The molecule has 128 valence electrons. The zero-order valence-electron chi connectivity index (χ0n) is 14.3. The SMILES string of the molecule is CN(CCCNC(=O)CCCOc1ccccc1)c1ccccc1. The summed E-state index contributed by atoms with van der Waals surface area (Å²) < 4.78 is 5.58. The summed E-state index contributed by atoms with van der Waals surface area (Å²) in [5.41, 5.74) is 1.20. The van der Waals surface area contributed by atoms with Crippen molar-refractivity contribution in [2.75, 3.05) is 31.6 Å². The third kappa shape index (κ3) is 6.73. The molecule has 4 nitrogen and oxygen atoms in total. The van der Waals surface area contributed by atoms with E-state index in [1.807, 2.05) is 48.5 Å². The van der Waals surface area contributed by atoms with Crippen LogP contribution in [0.3, 0.4) is 0 Å². The van der Waals surface area contributed by atoms with Gasteiger partial charge in [0.1, 0.15) is 5.75 Å². The number of hydrogen-bond acceptors (Lipinski definition) is 3. The third-order valence-corrected chi connectivity index (χ3v) is 3.75. The molecular weight excluding hydrogens is 300 g/mol. The van der Waals surface area contributed by atoms with E-state index in [1.165, 1.54) is 5.69 Å². The van der Waals surface area contributed by atoms with E-state index in [1.54, 1.807) is 0 Å². The average molecular weight is 326 g/mol. The van der Waals surface area contributed by atoms with Crippen molar-refractivity contribution in [3.63, 3.8) is 0 Å². The van der Waals surface area contributed by atoms with E-state index in [0.29, 0.717) is 19.6 Å². The third-order valence-electron chi connectivity index (χ3n) is 3.75. The number of ether oxygens (including phenoxy) is 1. The summed E-state index contributed by atoms with van der Waals surface area (Å²) in [5.74, 6) is 0.941. The number of benzene rings is 2. The topological polar surface area (TPSA) is 41.6 Å². The number of rotatable bonds is 10. The molecule has 2 aromatic rings. The molecule has 2 rings (SSSR count). The summed E-state index contributed by atoms with van der Waals surface area (Å²) in [7, 11) is 2.07. The predicted molar refractivity (Wildman–Crippen MR) is 98.5 cm³/mol. The molecule has 0 unspecified atom stereocenters. The zero-order valence-corrected chi connectivity index (χ0v) is 14.3. The molecule has 0 saturated carbocycles. The van der Waals surface area contributed by atoms with Crippen molar-refractivity contribution >= 4 is 11.6 Å². The number of anilines is 1. The van der Waals surface area contributed by atoms with Crippen molar-refractivity contribution in [1.82, 2.24) is 5.32 Å². The van der Waals surface area contributed by atoms with Gasteiger partial charge in [-0.1, -0.05) is 36.4 Å². The Morgan fingerprint density at radius 1 is 1.00 bits per heavy atom. The Morgan fingerprint density at radius 2 is 1.67 bits per heavy atom. The van der Waals surface area contributed by atoms with Crippen LogP contribution >= 0.6 is 0 Å². The van der Waals surface area contributed by atoms with Crippen LogP contribution in [-0.4, -0.2) is 32.7 Å². The normalized spacial score (nSPS) is 10.2. The molecular formula is C20H26N2O2. The van der Waals surface area contributed by atoms with E-state index in [2.05, 4.69) is 29.4 Å². The summed E-state index contributed by atoms with van der Waals surface area (Å²) in [6.07, 6.45) is 2.16. The van der Waals surface area contributed by atoms with Gasteiger partial charge in [-0.15, -0.1) is 0 Å². The lowest BCUT2D eigenvalue weighted by Crippen LogP contribution is -2.28. The van der Waals surface area contributed by atoms with E-state index in [0.717, 1.165) is 25.1 Å². The molecule has 0 spiro atoms. The number of carbonyl (C=O) groups is 1. The lowest BCUT2D eigenvalue weighted by molar-refractivity contribution is -0.121. The Morgan fingerprint density at radius 3 is 2.38 bits per heavy atom. The van der Waals surface area contributed by atoms with Crippen molar-refractivity contribution in [3.05, 3.63) is 60.7 Å². The number of para-hydroxylation sites is 2. The van der Waals surface area contributed by atoms with Gasteiger partial charge in [-0.25, -0.2) is 0 Å². The summed E-state index contributed by atoms with van der Waals surface area (Å²) in [4.78, 5) is 14.0. The second-order valence-corrected chi connectivity index (χ2v) is 5.73. The first-order valence-corrected chi connectivity index (χ1v) is 8.46. The smallest absolute Gasteiger partial charge is 0.220 e. The molecule has 0 bridgehead atoms. The highest BCUT2D eigenvalue weighted by atomic mass is 16.5. The second-order valence-electron chi connectivity index (χ2n) is 5.73. The van der Waals surface area contributed by atoms with Gasteiger partial charge < -0.3 is 15.0 Å². The Kier molecular flexibility index (Phi) is 7.68. The first-order chi connectivity index (χ1) is 11.8. The Bertz CT molecular complexity index is 587. The molecule has 0 heterocycles. The molecule has 24 heavy (non-hydrogen) atoms. The highest BCUT2D eigenvalue weighted by Crippen LogP contribution is 2.11. The molecule has 0 aliphatic carbocycles. The van der Waals surface area contributed by atoms with Gasteiger partial charge in [0.15, 0.2) is 0 Å². The highest BCUT2D eigenvalue weighted by Gasteiger charge is 2.03. The maximum Gasteiger partial charge on any atom is 0.220 e. The van der Waals surface area contributed by atoms with Crippen LogP contribution < -0.4 is 15.0 Å². The van der Waals surface area contributed by atoms with Crippen molar-refractivity contribution < 1.29 is 9.53 Å². The fraction of sp³-hybridized carbons (Fsp3) is 0.350. The van der Waals surface area contributed by atoms with Gasteiger partial charge in [-0.05, 0) is 37.1 Å². The van der Waals surface area contributed by atoms with Gasteiger partial charge in [-0.3, -0.25) is 4.79 Å². The van der Waals surface area contributed by atoms with Crippen LogP contribution in [0.2, 0.25) is 0 Å². The van der Waals surface area contributed by atoms with E-state index in [4.69, 9.17) is 4.74 Å². The summed E-state index contributed by atoms with van der Waals surface area (Å²) >= 11 is 0. The maximum absolute atomic E-state index is 11.8. The summed E-state index contributed by atoms with van der Waals surface area (Å²) in [6, 6.07) is 19.9. The molecule has 1 amide bonds. The van der Waals surface area contributed by atoms with Crippen molar-refractivity contribution in [2.45, 2.75) is 19.3 Å². The van der Waals surface area contributed by atoms with Gasteiger partial charge in [0.05, 0.1) is 6.61 Å². The lowest BCUT2D eigenvalue weighted by atomic mass is 10.2. The van der Waals surface area contributed by atoms with Gasteiger partial charge in [-0.2, -0.15) is 0 Å². The molecule has 0 aromatic heterocycles. The largest absolute Gasteiger partial charge is 0.494 e. The number of amides is 1. The lowest BCUT2D eigenvalue weighted by Gasteiger charge is -2.19. The number of hydrogen-bond donors (Lipinski definition) is 1. The van der Waals surface area contributed by atoms with Crippen LogP contribution in [0.25, 0.3) is 0 Å². The van der Waals surface area contributed by atoms with E-state index < -0.39 is 0 Å². The predicted octanol–water partition coefficient (Wildman–Crippen LogP) is 3.49. The fourth-order valence-corrected chi connectivity index (χ4v) is 2.38. The van der Waals surface area contributed by atoms with Crippen LogP contribution in [-0.2, 0) is 4.79 Å². The van der Waals surface area contributed by atoms with Gasteiger partial charge >= 0.3 is 0 Å². The minimum atomic E-state index is 0.0917. The minimum Gasteiger partial charge on any atom is -0.494 e. The highest BCUT2D eigenvalue weighted by molar-refractivity contribution is 5.75. The molecule has 1 N–H and O–H groups in total. The monoisotopic (exact) mass is 326 g/mol. The fourth-order valence-electron chi connectivity index (χ4n) is 2.38. The Balaban J connectivity index is 1.50. The number of carbonyl (C=O) groups excluding carboxylic acids is 1. The first kappa shape index (κ1) is 17.9. The Hall–Kier alpha value is -2.49. The minimum absolute atomic E-state index is 0.0917. The van der Waals surface area contributed by atoms with E-state index in [-0.39, 0.29) is 5.91 Å². The molecule has 2 aromatic carbocycles. The van der Waals surface area contributed by atoms with Gasteiger partial charge in [0, 0.05) is 32.2 Å². The first-order valence-electron chi connectivity index (χ1n) is 8.46. The number of nitrogens with one attached hydrogen (secondary N) is 1. The molecule has 0 aliphatic heterocycles. The van der Waals surface area contributed by atoms with Gasteiger partial charge in [0.25, 0.3) is 0 Å². The van der Waals surface area contributed by atoms with Crippen LogP contribution in [0.1, 0.15) is 19.3 Å². The van der Waals surface area contributed by atoms with Crippen LogP contribution in [0.5, 0.6) is 5.75 Å². The zero-order chi connectivity index (χ0) is 17.0. The van der Waals surface area contributed by atoms with Gasteiger partial charge in [0.2, 0.25) is 5.91 Å². The molecule has 0 radical (unpaired) electrons. The molecule has 0 fully saturated rings. The summed E-state index contributed by atoms with van der Waals surface area (Å²) in [5, 5.41) is 2.97. The molecule has 0 atom stereocenters. The molecule has 4 heteroatoms. The standard InChI is InChI=1S/C20H26N2O2/c1-22(18-10-4-2-5-11-18)16-9-15-21-20(23)14-8-17-24-19-12-6-3-7-13-19/h2-7,10-13H,8-9,14-17H2,1H3,(H,21,23). The van der Waals surface area contributed by atoms with Crippen LogP contribution in [0, 0.1) is 0 Å². The van der Waals surface area contributed by atoms with E-state index >= 15 is 0 Å².